The smallest absolute Gasteiger partial charge is 0.274 e. The topological polar surface area (TPSA) is 59.2 Å². The van der Waals surface area contributed by atoms with Gasteiger partial charge in [0.05, 0.1) is 0 Å². The molecule has 4 nitrogen and oxygen atoms in total. The van der Waals surface area contributed by atoms with Crippen LogP contribution in [0.25, 0.3) is 0 Å². The highest BCUT2D eigenvalue weighted by Gasteiger charge is 2.27. The molecule has 0 unspecified atom stereocenters. The van der Waals surface area contributed by atoms with E-state index < -0.39 is 0 Å². The van der Waals surface area contributed by atoms with E-state index in [1.54, 1.807) is 16.4 Å². The van der Waals surface area contributed by atoms with Gasteiger partial charge in [0.15, 0.2) is 5.13 Å². The number of hydrogen-bond acceptors (Lipinski definition) is 4. The standard InChI is InChI=1S/C11H17N3OS/c1-5-6-14(11(2,3)4)9(15)8-7-16-10(12)13-8/h5,7H,1,6H2,2-4H3,(H2,12,13). The lowest BCUT2D eigenvalue weighted by Crippen LogP contribution is -2.45. The molecule has 0 spiro atoms. The molecule has 88 valence electrons. The molecule has 1 aromatic heterocycles. The van der Waals surface area contributed by atoms with Gasteiger partial charge in [-0.25, -0.2) is 4.98 Å². The van der Waals surface area contributed by atoms with Gasteiger partial charge in [0.1, 0.15) is 5.69 Å². The number of rotatable bonds is 3. The number of anilines is 1. The van der Waals surface area contributed by atoms with E-state index >= 15 is 0 Å². The minimum atomic E-state index is -0.260. The molecule has 0 fully saturated rings. The fraction of sp³-hybridized carbons (Fsp3) is 0.455. The van der Waals surface area contributed by atoms with Crippen molar-refractivity contribution in [1.82, 2.24) is 9.88 Å². The molecule has 2 N–H and O–H groups in total. The van der Waals surface area contributed by atoms with Crippen molar-refractivity contribution >= 4 is 22.4 Å². The Morgan fingerprint density at radius 3 is 2.69 bits per heavy atom. The van der Waals surface area contributed by atoms with Gasteiger partial charge in [-0.2, -0.15) is 0 Å². The molecule has 0 aliphatic heterocycles. The molecular formula is C11H17N3OS. The second kappa shape index (κ2) is 4.65. The zero-order valence-corrected chi connectivity index (χ0v) is 10.7. The summed E-state index contributed by atoms with van der Waals surface area (Å²) in [7, 11) is 0. The van der Waals surface area contributed by atoms with Crippen molar-refractivity contribution in [2.24, 2.45) is 0 Å². The highest BCUT2D eigenvalue weighted by Crippen LogP contribution is 2.19. The van der Waals surface area contributed by atoms with E-state index in [0.717, 1.165) is 0 Å². The number of carbonyl (C=O) groups excluding carboxylic acids is 1. The number of nitrogens with zero attached hydrogens (tertiary/aromatic N) is 2. The molecule has 0 atom stereocenters. The highest BCUT2D eigenvalue weighted by atomic mass is 32.1. The van der Waals surface area contributed by atoms with E-state index in [0.29, 0.717) is 17.4 Å². The summed E-state index contributed by atoms with van der Waals surface area (Å²) in [5, 5.41) is 2.09. The van der Waals surface area contributed by atoms with Gasteiger partial charge in [-0.15, -0.1) is 17.9 Å². The summed E-state index contributed by atoms with van der Waals surface area (Å²) in [6, 6.07) is 0. The minimum absolute atomic E-state index is 0.111. The van der Waals surface area contributed by atoms with Crippen LogP contribution in [0.1, 0.15) is 31.3 Å². The maximum absolute atomic E-state index is 12.2. The molecule has 16 heavy (non-hydrogen) atoms. The average Bonchev–Trinajstić information content (AvgIpc) is 2.58. The van der Waals surface area contributed by atoms with Crippen LogP contribution in [-0.4, -0.2) is 27.9 Å². The van der Waals surface area contributed by atoms with Crippen LogP contribution in [0.3, 0.4) is 0 Å². The van der Waals surface area contributed by atoms with Crippen molar-refractivity contribution in [2.75, 3.05) is 12.3 Å². The minimum Gasteiger partial charge on any atom is -0.375 e. The zero-order chi connectivity index (χ0) is 12.3. The van der Waals surface area contributed by atoms with Crippen LogP contribution in [0.2, 0.25) is 0 Å². The molecule has 1 aromatic rings. The predicted molar refractivity (Wildman–Crippen MR) is 67.5 cm³/mol. The number of hydrogen-bond donors (Lipinski definition) is 1. The van der Waals surface area contributed by atoms with E-state index in [-0.39, 0.29) is 11.4 Å². The molecule has 1 amide bonds. The molecule has 0 bridgehead atoms. The van der Waals surface area contributed by atoms with Crippen molar-refractivity contribution in [3.8, 4) is 0 Å². The lowest BCUT2D eigenvalue weighted by molar-refractivity contribution is 0.0611. The Hall–Kier alpha value is -1.36. The number of nitrogen functional groups attached to an aromatic ring is 1. The second-order valence-corrected chi connectivity index (χ2v) is 5.34. The second-order valence-electron chi connectivity index (χ2n) is 4.45. The van der Waals surface area contributed by atoms with Gasteiger partial charge < -0.3 is 10.6 Å². The maximum Gasteiger partial charge on any atom is 0.274 e. The maximum atomic E-state index is 12.2. The SMILES string of the molecule is C=CCN(C(=O)c1csc(N)n1)C(C)(C)C. The van der Waals surface area contributed by atoms with Crippen molar-refractivity contribution < 1.29 is 4.79 Å². The largest absolute Gasteiger partial charge is 0.375 e. The molecular weight excluding hydrogens is 222 g/mol. The molecule has 1 rings (SSSR count). The first-order valence-electron chi connectivity index (χ1n) is 5.00. The molecule has 0 radical (unpaired) electrons. The number of amides is 1. The molecule has 0 saturated carbocycles. The van der Waals surface area contributed by atoms with Crippen LogP contribution in [0.5, 0.6) is 0 Å². The predicted octanol–water partition coefficient (Wildman–Crippen LogP) is 2.15. The molecule has 0 saturated heterocycles. The van der Waals surface area contributed by atoms with Crippen molar-refractivity contribution in [1.29, 1.82) is 0 Å². The lowest BCUT2D eigenvalue weighted by Gasteiger charge is -2.34. The van der Waals surface area contributed by atoms with Crippen LogP contribution < -0.4 is 5.73 Å². The van der Waals surface area contributed by atoms with Gasteiger partial charge in [-0.3, -0.25) is 4.79 Å². The summed E-state index contributed by atoms with van der Waals surface area (Å²) in [4.78, 5) is 17.9. The molecule has 1 heterocycles. The summed E-state index contributed by atoms with van der Waals surface area (Å²) in [5.74, 6) is -0.111. The van der Waals surface area contributed by atoms with E-state index in [2.05, 4.69) is 11.6 Å². The summed E-state index contributed by atoms with van der Waals surface area (Å²) < 4.78 is 0. The van der Waals surface area contributed by atoms with Crippen molar-refractivity contribution in [3.63, 3.8) is 0 Å². The first kappa shape index (κ1) is 12.7. The van der Waals surface area contributed by atoms with Crippen LogP contribution >= 0.6 is 11.3 Å². The third-order valence-electron chi connectivity index (χ3n) is 2.11. The van der Waals surface area contributed by atoms with Crippen molar-refractivity contribution in [3.05, 3.63) is 23.7 Å². The first-order chi connectivity index (χ1) is 7.36. The van der Waals surface area contributed by atoms with Crippen LogP contribution in [-0.2, 0) is 0 Å². The fourth-order valence-electron chi connectivity index (χ4n) is 1.31. The summed E-state index contributed by atoms with van der Waals surface area (Å²) in [5.41, 5.74) is 5.66. The molecule has 0 aliphatic carbocycles. The van der Waals surface area contributed by atoms with Crippen LogP contribution in [0.15, 0.2) is 18.0 Å². The quantitative estimate of drug-likeness (QED) is 0.822. The van der Waals surface area contributed by atoms with Crippen LogP contribution in [0.4, 0.5) is 5.13 Å². The number of thiazole rings is 1. The summed E-state index contributed by atoms with van der Waals surface area (Å²) >= 11 is 1.27. The number of aromatic nitrogens is 1. The van der Waals surface area contributed by atoms with E-state index in [1.807, 2.05) is 20.8 Å². The van der Waals surface area contributed by atoms with Gasteiger partial charge in [0.25, 0.3) is 5.91 Å². The average molecular weight is 239 g/mol. The van der Waals surface area contributed by atoms with E-state index in [9.17, 15) is 4.79 Å². The Morgan fingerprint density at radius 2 is 2.31 bits per heavy atom. The van der Waals surface area contributed by atoms with E-state index in [4.69, 9.17) is 5.73 Å². The van der Waals surface area contributed by atoms with Gasteiger partial charge in [0.2, 0.25) is 0 Å². The van der Waals surface area contributed by atoms with Gasteiger partial charge in [-0.05, 0) is 20.8 Å². The third kappa shape index (κ3) is 2.82. The fourth-order valence-corrected chi connectivity index (χ4v) is 1.85. The Kier molecular flexibility index (Phi) is 3.70. The Labute approximate surface area is 99.8 Å². The third-order valence-corrected chi connectivity index (χ3v) is 2.78. The molecule has 0 aliphatic rings. The Balaban J connectivity index is 2.96. The number of carbonyl (C=O) groups is 1. The van der Waals surface area contributed by atoms with E-state index in [1.165, 1.54) is 11.3 Å². The van der Waals surface area contributed by atoms with Gasteiger partial charge in [0, 0.05) is 17.5 Å². The molecule has 0 aromatic carbocycles. The normalized spacial score (nSPS) is 11.2. The zero-order valence-electron chi connectivity index (χ0n) is 9.86. The van der Waals surface area contributed by atoms with Gasteiger partial charge >= 0.3 is 0 Å². The van der Waals surface area contributed by atoms with Gasteiger partial charge in [-0.1, -0.05) is 6.08 Å². The Bertz CT molecular complexity index is 392. The first-order valence-corrected chi connectivity index (χ1v) is 5.88. The van der Waals surface area contributed by atoms with Crippen molar-refractivity contribution in [2.45, 2.75) is 26.3 Å². The highest BCUT2D eigenvalue weighted by molar-refractivity contribution is 7.13. The Morgan fingerprint density at radius 1 is 1.69 bits per heavy atom. The van der Waals surface area contributed by atoms with Crippen LogP contribution in [0, 0.1) is 0 Å². The summed E-state index contributed by atoms with van der Waals surface area (Å²) in [6.45, 7) is 10.1. The lowest BCUT2D eigenvalue weighted by atomic mass is 10.1. The summed E-state index contributed by atoms with van der Waals surface area (Å²) in [6.07, 6.45) is 1.71. The number of nitrogens with two attached hydrogens (primary N) is 1. The monoisotopic (exact) mass is 239 g/mol. The molecule has 5 heteroatoms.